The third-order valence-corrected chi connectivity index (χ3v) is 5.35. The van der Waals surface area contributed by atoms with Gasteiger partial charge >= 0.3 is 0 Å². The van der Waals surface area contributed by atoms with Crippen molar-refractivity contribution in [3.05, 3.63) is 30.1 Å². The molecule has 1 aromatic rings. The Bertz CT molecular complexity index is 329. The number of hydrogen-bond donors (Lipinski definition) is 1. The SMILES string of the molecule is COCC(NC1CSCCSC1)c1ccccn1. The van der Waals surface area contributed by atoms with Crippen LogP contribution in [0.25, 0.3) is 0 Å². The number of thioether (sulfide) groups is 2. The molecule has 0 radical (unpaired) electrons. The molecule has 0 aromatic carbocycles. The molecule has 1 aliphatic heterocycles. The number of ether oxygens (including phenoxy) is 1. The molecule has 0 bridgehead atoms. The average Bonchev–Trinajstić information content (AvgIpc) is 2.68. The van der Waals surface area contributed by atoms with Crippen molar-refractivity contribution >= 4 is 23.5 Å². The van der Waals surface area contributed by atoms with Gasteiger partial charge in [0.2, 0.25) is 0 Å². The van der Waals surface area contributed by atoms with E-state index in [1.54, 1.807) is 7.11 Å². The van der Waals surface area contributed by atoms with Crippen molar-refractivity contribution in [3.8, 4) is 0 Å². The summed E-state index contributed by atoms with van der Waals surface area (Å²) < 4.78 is 5.32. The number of aromatic nitrogens is 1. The summed E-state index contributed by atoms with van der Waals surface area (Å²) in [5.41, 5.74) is 1.07. The minimum Gasteiger partial charge on any atom is -0.383 e. The topological polar surface area (TPSA) is 34.1 Å². The molecule has 2 heterocycles. The van der Waals surface area contributed by atoms with Gasteiger partial charge in [0, 0.05) is 42.4 Å². The summed E-state index contributed by atoms with van der Waals surface area (Å²) >= 11 is 4.07. The summed E-state index contributed by atoms with van der Waals surface area (Å²) in [6, 6.07) is 6.78. The van der Waals surface area contributed by atoms with Crippen molar-refractivity contribution in [2.24, 2.45) is 0 Å². The smallest absolute Gasteiger partial charge is 0.0735 e. The Labute approximate surface area is 117 Å². The van der Waals surface area contributed by atoms with Gasteiger partial charge in [-0.3, -0.25) is 4.98 Å². The number of nitrogens with one attached hydrogen (secondary N) is 1. The number of hydrogen-bond acceptors (Lipinski definition) is 5. The summed E-state index contributed by atoms with van der Waals surface area (Å²) in [7, 11) is 1.74. The molecule has 1 aromatic heterocycles. The quantitative estimate of drug-likeness (QED) is 0.896. The highest BCUT2D eigenvalue weighted by Gasteiger charge is 2.19. The van der Waals surface area contributed by atoms with Crippen LogP contribution in [0.5, 0.6) is 0 Å². The zero-order chi connectivity index (χ0) is 12.6. The van der Waals surface area contributed by atoms with Gasteiger partial charge in [-0.1, -0.05) is 6.07 Å². The lowest BCUT2D eigenvalue weighted by Gasteiger charge is -2.23. The van der Waals surface area contributed by atoms with Crippen LogP contribution >= 0.6 is 23.5 Å². The van der Waals surface area contributed by atoms with Gasteiger partial charge in [0.1, 0.15) is 0 Å². The molecule has 5 heteroatoms. The molecule has 0 aliphatic carbocycles. The first-order valence-corrected chi connectivity index (χ1v) is 8.52. The fraction of sp³-hybridized carbons (Fsp3) is 0.615. The molecule has 1 aliphatic rings. The molecule has 100 valence electrons. The first kappa shape index (κ1) is 14.2. The molecule has 1 unspecified atom stereocenters. The maximum atomic E-state index is 5.32. The Morgan fingerprint density at radius 3 is 2.78 bits per heavy atom. The van der Waals surface area contributed by atoms with Crippen molar-refractivity contribution in [1.82, 2.24) is 10.3 Å². The van der Waals surface area contributed by atoms with Crippen LogP contribution in [0.2, 0.25) is 0 Å². The fourth-order valence-electron chi connectivity index (χ4n) is 1.97. The molecule has 0 spiro atoms. The first-order chi connectivity index (χ1) is 8.90. The third kappa shape index (κ3) is 4.46. The summed E-state index contributed by atoms with van der Waals surface area (Å²) in [4.78, 5) is 4.43. The minimum absolute atomic E-state index is 0.195. The third-order valence-electron chi connectivity index (χ3n) is 2.83. The van der Waals surface area contributed by atoms with E-state index < -0.39 is 0 Å². The molecule has 1 N–H and O–H groups in total. The van der Waals surface area contributed by atoms with Crippen molar-refractivity contribution in [2.75, 3.05) is 36.7 Å². The van der Waals surface area contributed by atoms with E-state index in [0.717, 1.165) is 5.69 Å². The predicted molar refractivity (Wildman–Crippen MR) is 80.4 cm³/mol. The van der Waals surface area contributed by atoms with Crippen LogP contribution in [0.4, 0.5) is 0 Å². The maximum absolute atomic E-state index is 5.32. The van der Waals surface area contributed by atoms with E-state index in [1.165, 1.54) is 23.0 Å². The van der Waals surface area contributed by atoms with Gasteiger partial charge in [-0.25, -0.2) is 0 Å². The predicted octanol–water partition coefficient (Wildman–Crippen LogP) is 2.21. The van der Waals surface area contributed by atoms with Crippen molar-refractivity contribution < 1.29 is 4.74 Å². The zero-order valence-electron chi connectivity index (χ0n) is 10.7. The highest BCUT2D eigenvalue weighted by atomic mass is 32.2. The molecule has 0 amide bonds. The summed E-state index contributed by atoms with van der Waals surface area (Å²) in [5, 5.41) is 3.68. The van der Waals surface area contributed by atoms with E-state index in [0.29, 0.717) is 12.6 Å². The Kier molecular flexibility index (Phi) is 6.34. The molecule has 1 fully saturated rings. The van der Waals surface area contributed by atoms with Gasteiger partial charge in [0.25, 0.3) is 0 Å². The Morgan fingerprint density at radius 2 is 2.17 bits per heavy atom. The second kappa shape index (κ2) is 8.04. The molecule has 18 heavy (non-hydrogen) atoms. The van der Waals surface area contributed by atoms with Gasteiger partial charge in [-0.2, -0.15) is 23.5 Å². The second-order valence-corrected chi connectivity index (χ2v) is 6.58. The number of methoxy groups -OCH3 is 1. The van der Waals surface area contributed by atoms with Crippen LogP contribution in [0.3, 0.4) is 0 Å². The summed E-state index contributed by atoms with van der Waals surface area (Å²) in [5.74, 6) is 4.89. The zero-order valence-corrected chi connectivity index (χ0v) is 12.3. The lowest BCUT2D eigenvalue weighted by molar-refractivity contribution is 0.162. The van der Waals surface area contributed by atoms with Gasteiger partial charge in [-0.05, 0) is 12.1 Å². The van der Waals surface area contributed by atoms with E-state index in [4.69, 9.17) is 4.74 Å². The van der Waals surface area contributed by atoms with Gasteiger partial charge in [0.05, 0.1) is 18.3 Å². The molecule has 1 saturated heterocycles. The van der Waals surface area contributed by atoms with E-state index in [2.05, 4.69) is 16.4 Å². The highest BCUT2D eigenvalue weighted by Crippen LogP contribution is 2.19. The Hall–Kier alpha value is -0.230. The summed E-state index contributed by atoms with van der Waals surface area (Å²) in [6.45, 7) is 0.669. The molecular formula is C13H20N2OS2. The van der Waals surface area contributed by atoms with Crippen LogP contribution in [-0.4, -0.2) is 47.8 Å². The van der Waals surface area contributed by atoms with E-state index in [1.807, 2.05) is 41.9 Å². The number of rotatable bonds is 5. The molecule has 0 saturated carbocycles. The van der Waals surface area contributed by atoms with Crippen LogP contribution in [-0.2, 0) is 4.74 Å². The average molecular weight is 284 g/mol. The van der Waals surface area contributed by atoms with Crippen molar-refractivity contribution in [1.29, 1.82) is 0 Å². The van der Waals surface area contributed by atoms with Gasteiger partial charge in [0.15, 0.2) is 0 Å². The van der Waals surface area contributed by atoms with Crippen LogP contribution in [0, 0.1) is 0 Å². The van der Waals surface area contributed by atoms with Gasteiger partial charge in [-0.15, -0.1) is 0 Å². The molecular weight excluding hydrogens is 264 g/mol. The van der Waals surface area contributed by atoms with Gasteiger partial charge < -0.3 is 10.1 Å². The maximum Gasteiger partial charge on any atom is 0.0735 e. The van der Waals surface area contributed by atoms with Crippen LogP contribution in [0.15, 0.2) is 24.4 Å². The second-order valence-electron chi connectivity index (χ2n) is 4.28. The molecule has 2 rings (SSSR count). The van der Waals surface area contributed by atoms with Crippen molar-refractivity contribution in [2.45, 2.75) is 12.1 Å². The van der Waals surface area contributed by atoms with Crippen LogP contribution < -0.4 is 5.32 Å². The van der Waals surface area contributed by atoms with Crippen LogP contribution in [0.1, 0.15) is 11.7 Å². The number of pyridine rings is 1. The summed E-state index contributed by atoms with van der Waals surface area (Å²) in [6.07, 6.45) is 1.84. The van der Waals surface area contributed by atoms with E-state index >= 15 is 0 Å². The monoisotopic (exact) mass is 284 g/mol. The first-order valence-electron chi connectivity index (χ1n) is 6.21. The largest absolute Gasteiger partial charge is 0.383 e. The lowest BCUT2D eigenvalue weighted by atomic mass is 10.2. The molecule has 3 nitrogen and oxygen atoms in total. The lowest BCUT2D eigenvalue weighted by Crippen LogP contribution is -2.38. The highest BCUT2D eigenvalue weighted by molar-refractivity contribution is 8.03. The van der Waals surface area contributed by atoms with Crippen molar-refractivity contribution in [3.63, 3.8) is 0 Å². The Balaban J connectivity index is 1.97. The standard InChI is InChI=1S/C13H20N2OS2/c1-16-8-13(12-4-2-3-5-14-12)15-11-9-17-6-7-18-10-11/h2-5,11,13,15H,6-10H2,1H3. The minimum atomic E-state index is 0.195. The number of nitrogens with zero attached hydrogens (tertiary/aromatic N) is 1. The van der Waals surface area contributed by atoms with E-state index in [9.17, 15) is 0 Å². The molecule has 1 atom stereocenters. The normalized spacial score (nSPS) is 19.4. The fourth-order valence-corrected chi connectivity index (χ4v) is 4.39. The Morgan fingerprint density at radius 1 is 1.39 bits per heavy atom. The van der Waals surface area contributed by atoms with E-state index in [-0.39, 0.29) is 6.04 Å².